The molecule has 90 valence electrons. The summed E-state index contributed by atoms with van der Waals surface area (Å²) in [6.07, 6.45) is 2.55. The molecular formula is C12H19NO3. The summed E-state index contributed by atoms with van der Waals surface area (Å²) in [4.78, 5) is 12.9. The average Bonchev–Trinajstić information content (AvgIpc) is 2.65. The molecule has 0 aliphatic heterocycles. The van der Waals surface area contributed by atoms with E-state index in [2.05, 4.69) is 18.7 Å². The molecule has 1 atom stereocenters. The van der Waals surface area contributed by atoms with Crippen LogP contribution in [0.2, 0.25) is 0 Å². The molecular weight excluding hydrogens is 206 g/mol. The Labute approximate surface area is 95.9 Å². The van der Waals surface area contributed by atoms with Gasteiger partial charge in [-0.1, -0.05) is 20.3 Å². The van der Waals surface area contributed by atoms with Crippen LogP contribution >= 0.6 is 0 Å². The molecule has 0 bridgehead atoms. The van der Waals surface area contributed by atoms with Crippen molar-refractivity contribution in [2.45, 2.75) is 26.8 Å². The molecule has 0 saturated carbocycles. The van der Waals surface area contributed by atoms with E-state index in [4.69, 9.17) is 9.52 Å². The van der Waals surface area contributed by atoms with Crippen molar-refractivity contribution in [2.75, 3.05) is 13.6 Å². The number of rotatable bonds is 6. The van der Waals surface area contributed by atoms with Gasteiger partial charge in [-0.05, 0) is 19.0 Å². The van der Waals surface area contributed by atoms with Crippen molar-refractivity contribution in [1.82, 2.24) is 4.90 Å². The topological polar surface area (TPSA) is 53.7 Å². The van der Waals surface area contributed by atoms with Gasteiger partial charge < -0.3 is 14.4 Å². The van der Waals surface area contributed by atoms with Gasteiger partial charge in [0.15, 0.2) is 0 Å². The van der Waals surface area contributed by atoms with E-state index >= 15 is 0 Å². The van der Waals surface area contributed by atoms with Crippen molar-refractivity contribution in [3.8, 4) is 0 Å². The first-order chi connectivity index (χ1) is 7.54. The van der Waals surface area contributed by atoms with Gasteiger partial charge in [0, 0.05) is 18.7 Å². The van der Waals surface area contributed by atoms with Crippen LogP contribution < -0.4 is 0 Å². The molecule has 1 rings (SSSR count). The van der Waals surface area contributed by atoms with Gasteiger partial charge in [-0.25, -0.2) is 4.79 Å². The first kappa shape index (κ1) is 12.8. The van der Waals surface area contributed by atoms with Crippen molar-refractivity contribution in [2.24, 2.45) is 5.92 Å². The molecule has 0 aliphatic rings. The van der Waals surface area contributed by atoms with E-state index in [1.165, 1.54) is 6.26 Å². The van der Waals surface area contributed by atoms with E-state index in [0.29, 0.717) is 12.5 Å². The molecule has 1 unspecified atom stereocenters. The Bertz CT molecular complexity index is 346. The average molecular weight is 225 g/mol. The van der Waals surface area contributed by atoms with Gasteiger partial charge in [0.1, 0.15) is 0 Å². The van der Waals surface area contributed by atoms with Crippen molar-refractivity contribution < 1.29 is 14.3 Å². The zero-order chi connectivity index (χ0) is 12.1. The monoisotopic (exact) mass is 225 g/mol. The Balaban J connectivity index is 2.59. The second-order valence-corrected chi connectivity index (χ2v) is 4.29. The number of aromatic carboxylic acids is 1. The molecule has 1 heterocycles. The van der Waals surface area contributed by atoms with Gasteiger partial charge >= 0.3 is 5.97 Å². The van der Waals surface area contributed by atoms with Crippen LogP contribution in [0.5, 0.6) is 0 Å². The minimum atomic E-state index is -1.00. The Morgan fingerprint density at radius 2 is 2.31 bits per heavy atom. The first-order valence-electron chi connectivity index (χ1n) is 5.52. The summed E-state index contributed by atoms with van der Waals surface area (Å²) >= 11 is 0. The highest BCUT2D eigenvalue weighted by Gasteiger charge is 2.15. The van der Waals surface area contributed by atoms with Crippen molar-refractivity contribution in [3.63, 3.8) is 0 Å². The molecule has 4 heteroatoms. The second kappa shape index (κ2) is 5.70. The van der Waals surface area contributed by atoms with E-state index in [9.17, 15) is 4.79 Å². The number of furan rings is 1. The Morgan fingerprint density at radius 3 is 2.88 bits per heavy atom. The Kier molecular flexibility index (Phi) is 4.55. The number of carboxylic acids is 1. The maximum absolute atomic E-state index is 10.8. The predicted molar refractivity (Wildman–Crippen MR) is 61.5 cm³/mol. The predicted octanol–water partition coefficient (Wildman–Crippen LogP) is 2.46. The molecule has 1 N–H and O–H groups in total. The maximum atomic E-state index is 10.8. The second-order valence-electron chi connectivity index (χ2n) is 4.29. The van der Waals surface area contributed by atoms with Crippen molar-refractivity contribution >= 4 is 5.97 Å². The minimum absolute atomic E-state index is 0.0519. The molecule has 1 aromatic rings. The van der Waals surface area contributed by atoms with Gasteiger partial charge in [-0.3, -0.25) is 0 Å². The molecule has 0 aliphatic carbocycles. The normalized spacial score (nSPS) is 13.0. The molecule has 4 nitrogen and oxygen atoms in total. The van der Waals surface area contributed by atoms with Crippen molar-refractivity contribution in [1.29, 1.82) is 0 Å². The summed E-state index contributed by atoms with van der Waals surface area (Å²) in [6, 6.07) is 1.72. The van der Waals surface area contributed by atoms with Gasteiger partial charge in [0.05, 0.1) is 6.26 Å². The van der Waals surface area contributed by atoms with Crippen LogP contribution in [0.1, 0.15) is 36.4 Å². The molecule has 0 radical (unpaired) electrons. The maximum Gasteiger partial charge on any atom is 0.372 e. The summed E-state index contributed by atoms with van der Waals surface area (Å²) in [5, 5.41) is 8.88. The van der Waals surface area contributed by atoms with Crippen LogP contribution in [-0.2, 0) is 6.54 Å². The smallest absolute Gasteiger partial charge is 0.372 e. The number of carboxylic acid groups (broad SMARTS) is 1. The fourth-order valence-electron chi connectivity index (χ4n) is 1.66. The molecule has 1 aromatic heterocycles. The standard InChI is InChI=1S/C12H19NO3/c1-4-9(2)7-13(3)8-10-5-6-16-11(10)12(14)15/h5-6,9H,4,7-8H2,1-3H3,(H,14,15). The highest BCUT2D eigenvalue weighted by Crippen LogP contribution is 2.14. The third-order valence-corrected chi connectivity index (χ3v) is 2.70. The SMILES string of the molecule is CCC(C)CN(C)Cc1ccoc1C(=O)O. The Morgan fingerprint density at radius 1 is 1.62 bits per heavy atom. The summed E-state index contributed by atoms with van der Waals surface area (Å²) in [7, 11) is 1.99. The lowest BCUT2D eigenvalue weighted by atomic mass is 10.1. The lowest BCUT2D eigenvalue weighted by molar-refractivity contribution is 0.0659. The van der Waals surface area contributed by atoms with Crippen LogP contribution in [0.4, 0.5) is 0 Å². The number of nitrogens with zero attached hydrogens (tertiary/aromatic N) is 1. The third-order valence-electron chi connectivity index (χ3n) is 2.70. The zero-order valence-corrected chi connectivity index (χ0v) is 10.1. The third kappa shape index (κ3) is 3.38. The highest BCUT2D eigenvalue weighted by molar-refractivity contribution is 5.86. The van der Waals surface area contributed by atoms with Gasteiger partial charge in [0.25, 0.3) is 0 Å². The quantitative estimate of drug-likeness (QED) is 0.808. The van der Waals surface area contributed by atoms with Crippen LogP contribution in [0.15, 0.2) is 16.7 Å². The lowest BCUT2D eigenvalue weighted by Crippen LogP contribution is -2.24. The van der Waals surface area contributed by atoms with Gasteiger partial charge in [-0.2, -0.15) is 0 Å². The van der Waals surface area contributed by atoms with E-state index in [1.54, 1.807) is 6.07 Å². The fourth-order valence-corrected chi connectivity index (χ4v) is 1.66. The van der Waals surface area contributed by atoms with E-state index in [0.717, 1.165) is 18.5 Å². The lowest BCUT2D eigenvalue weighted by Gasteiger charge is -2.19. The summed E-state index contributed by atoms with van der Waals surface area (Å²) in [6.45, 7) is 5.91. The summed E-state index contributed by atoms with van der Waals surface area (Å²) in [5.41, 5.74) is 0.735. The van der Waals surface area contributed by atoms with Crippen LogP contribution in [0.3, 0.4) is 0 Å². The molecule has 0 saturated heterocycles. The highest BCUT2D eigenvalue weighted by atomic mass is 16.4. The molecule has 16 heavy (non-hydrogen) atoms. The molecule has 0 spiro atoms. The van der Waals surface area contributed by atoms with E-state index in [-0.39, 0.29) is 5.76 Å². The van der Waals surface area contributed by atoms with Crippen LogP contribution in [0.25, 0.3) is 0 Å². The number of hydrogen-bond acceptors (Lipinski definition) is 3. The van der Waals surface area contributed by atoms with Crippen molar-refractivity contribution in [3.05, 3.63) is 23.7 Å². The van der Waals surface area contributed by atoms with Gasteiger partial charge in [-0.15, -0.1) is 0 Å². The fraction of sp³-hybridized carbons (Fsp3) is 0.583. The van der Waals surface area contributed by atoms with Crippen LogP contribution in [-0.4, -0.2) is 29.6 Å². The summed E-state index contributed by atoms with van der Waals surface area (Å²) < 4.78 is 4.93. The Hall–Kier alpha value is -1.29. The van der Waals surface area contributed by atoms with Crippen LogP contribution in [0, 0.1) is 5.92 Å². The number of carbonyl (C=O) groups is 1. The van der Waals surface area contributed by atoms with E-state index in [1.807, 2.05) is 7.05 Å². The zero-order valence-electron chi connectivity index (χ0n) is 10.1. The summed E-state index contributed by atoms with van der Waals surface area (Å²) in [5.74, 6) is -0.335. The number of hydrogen-bond donors (Lipinski definition) is 1. The first-order valence-corrected chi connectivity index (χ1v) is 5.52. The van der Waals surface area contributed by atoms with Gasteiger partial charge in [0.2, 0.25) is 5.76 Å². The largest absolute Gasteiger partial charge is 0.475 e. The van der Waals surface area contributed by atoms with E-state index < -0.39 is 5.97 Å². The molecule has 0 aromatic carbocycles. The molecule has 0 fully saturated rings. The molecule has 0 amide bonds. The minimum Gasteiger partial charge on any atom is -0.475 e.